The van der Waals surface area contributed by atoms with Crippen LogP contribution in [-0.4, -0.2) is 38.6 Å². The highest BCUT2D eigenvalue weighted by atomic mass is 16.5. The van der Waals surface area contributed by atoms with Gasteiger partial charge in [-0.25, -0.2) is 9.97 Å². The Kier molecular flexibility index (Phi) is 5.21. The van der Waals surface area contributed by atoms with Gasteiger partial charge >= 0.3 is 6.01 Å². The maximum Gasteiger partial charge on any atom is 0.322 e. The summed E-state index contributed by atoms with van der Waals surface area (Å²) in [6, 6.07) is 14.3. The summed E-state index contributed by atoms with van der Waals surface area (Å²) in [6.45, 7) is 5.23. The highest BCUT2D eigenvalue weighted by molar-refractivity contribution is 6.23. The normalized spacial score (nSPS) is 13.7. The van der Waals surface area contributed by atoms with Crippen molar-refractivity contribution in [3.8, 4) is 11.8 Å². The SMILES string of the molecule is Cc1cc(C)nc(Oc2ccc(NC(=O)C(C)N3C(=O)c4ccccc4C3=O)cc2)n1. The van der Waals surface area contributed by atoms with E-state index < -0.39 is 23.8 Å². The first-order valence-electron chi connectivity index (χ1n) is 9.71. The Labute approximate surface area is 178 Å². The summed E-state index contributed by atoms with van der Waals surface area (Å²) in [6.07, 6.45) is 0. The number of rotatable bonds is 5. The first-order chi connectivity index (χ1) is 14.8. The van der Waals surface area contributed by atoms with Crippen LogP contribution < -0.4 is 10.1 Å². The van der Waals surface area contributed by atoms with Gasteiger partial charge in [-0.05, 0) is 63.2 Å². The van der Waals surface area contributed by atoms with Crippen molar-refractivity contribution in [2.45, 2.75) is 26.8 Å². The third kappa shape index (κ3) is 4.00. The predicted octanol–water partition coefficient (Wildman–Crippen LogP) is 3.51. The van der Waals surface area contributed by atoms with Gasteiger partial charge in [-0.15, -0.1) is 0 Å². The number of hydrogen-bond donors (Lipinski definition) is 1. The molecule has 31 heavy (non-hydrogen) atoms. The monoisotopic (exact) mass is 416 g/mol. The van der Waals surface area contributed by atoms with Crippen LogP contribution in [0.5, 0.6) is 11.8 Å². The van der Waals surface area contributed by atoms with Crippen molar-refractivity contribution in [1.82, 2.24) is 14.9 Å². The molecule has 0 bridgehead atoms. The summed E-state index contributed by atoms with van der Waals surface area (Å²) in [4.78, 5) is 47.3. The first kappa shape index (κ1) is 20.2. The molecule has 0 aliphatic carbocycles. The number of imide groups is 1. The van der Waals surface area contributed by atoms with Gasteiger partial charge < -0.3 is 10.1 Å². The molecule has 0 spiro atoms. The van der Waals surface area contributed by atoms with E-state index >= 15 is 0 Å². The van der Waals surface area contributed by atoms with Crippen molar-refractivity contribution in [2.24, 2.45) is 0 Å². The number of fused-ring (bicyclic) bond motifs is 1. The average molecular weight is 416 g/mol. The van der Waals surface area contributed by atoms with Crippen LogP contribution in [0, 0.1) is 13.8 Å². The zero-order valence-corrected chi connectivity index (χ0v) is 17.2. The Bertz CT molecular complexity index is 1140. The van der Waals surface area contributed by atoms with Crippen LogP contribution in [-0.2, 0) is 4.79 Å². The predicted molar refractivity (Wildman–Crippen MR) is 113 cm³/mol. The molecule has 3 amide bonds. The van der Waals surface area contributed by atoms with E-state index in [1.165, 1.54) is 6.92 Å². The van der Waals surface area contributed by atoms with Crippen molar-refractivity contribution in [3.63, 3.8) is 0 Å². The fourth-order valence-corrected chi connectivity index (χ4v) is 3.37. The lowest BCUT2D eigenvalue weighted by atomic mass is 10.1. The van der Waals surface area contributed by atoms with E-state index in [0.717, 1.165) is 16.3 Å². The number of carbonyl (C=O) groups is 3. The highest BCUT2D eigenvalue weighted by Gasteiger charge is 2.40. The van der Waals surface area contributed by atoms with Crippen LogP contribution in [0.4, 0.5) is 5.69 Å². The van der Waals surface area contributed by atoms with Crippen molar-refractivity contribution in [2.75, 3.05) is 5.32 Å². The van der Waals surface area contributed by atoms with Crippen LogP contribution >= 0.6 is 0 Å². The van der Waals surface area contributed by atoms with Crippen LogP contribution in [0.1, 0.15) is 39.0 Å². The highest BCUT2D eigenvalue weighted by Crippen LogP contribution is 2.25. The van der Waals surface area contributed by atoms with E-state index in [-0.39, 0.29) is 6.01 Å². The lowest BCUT2D eigenvalue weighted by molar-refractivity contribution is -0.119. The van der Waals surface area contributed by atoms with E-state index in [9.17, 15) is 14.4 Å². The van der Waals surface area contributed by atoms with Gasteiger partial charge in [-0.1, -0.05) is 12.1 Å². The minimum absolute atomic E-state index is 0.244. The number of carbonyl (C=O) groups excluding carboxylic acids is 3. The van der Waals surface area contributed by atoms with Crippen LogP contribution in [0.25, 0.3) is 0 Å². The molecule has 156 valence electrons. The number of amides is 3. The fraction of sp³-hybridized carbons (Fsp3) is 0.174. The summed E-state index contributed by atoms with van der Waals surface area (Å²) in [5.41, 5.74) is 2.72. The van der Waals surface area contributed by atoms with E-state index in [2.05, 4.69) is 15.3 Å². The van der Waals surface area contributed by atoms with Gasteiger partial charge in [-0.3, -0.25) is 19.3 Å². The molecular formula is C23H20N4O4. The Morgan fingerprint density at radius 2 is 1.48 bits per heavy atom. The summed E-state index contributed by atoms with van der Waals surface area (Å²) in [7, 11) is 0. The third-order valence-corrected chi connectivity index (χ3v) is 4.88. The molecule has 0 saturated heterocycles. The molecule has 1 aromatic heterocycles. The number of ether oxygens (including phenoxy) is 1. The van der Waals surface area contributed by atoms with Gasteiger partial charge in [0.15, 0.2) is 0 Å². The molecule has 2 aromatic carbocycles. The Morgan fingerprint density at radius 1 is 0.935 bits per heavy atom. The standard InChI is InChI=1S/C23H20N4O4/c1-13-12-14(2)25-23(24-13)31-17-10-8-16(9-11-17)26-20(28)15(3)27-21(29)18-6-4-5-7-19(18)22(27)30/h4-12,15H,1-3H3,(H,26,28). The first-order valence-corrected chi connectivity index (χ1v) is 9.71. The van der Waals surface area contributed by atoms with Crippen molar-refractivity contribution >= 4 is 23.4 Å². The summed E-state index contributed by atoms with van der Waals surface area (Å²) in [5, 5.41) is 2.72. The molecule has 0 radical (unpaired) electrons. The third-order valence-electron chi connectivity index (χ3n) is 4.88. The van der Waals surface area contributed by atoms with Crippen molar-refractivity contribution < 1.29 is 19.1 Å². The Hall–Kier alpha value is -4.07. The molecule has 0 saturated carbocycles. The van der Waals surface area contributed by atoms with E-state index in [1.807, 2.05) is 19.9 Å². The quantitative estimate of drug-likeness (QED) is 0.639. The molecule has 1 aliphatic rings. The van der Waals surface area contributed by atoms with Crippen LogP contribution in [0.2, 0.25) is 0 Å². The molecule has 1 aliphatic heterocycles. The molecule has 8 heteroatoms. The molecule has 1 atom stereocenters. The van der Waals surface area contributed by atoms with Gasteiger partial charge in [0.05, 0.1) is 11.1 Å². The average Bonchev–Trinajstić information content (AvgIpc) is 2.99. The molecule has 0 fully saturated rings. The second-order valence-electron chi connectivity index (χ2n) is 7.25. The molecule has 3 aromatic rings. The number of aryl methyl sites for hydroxylation is 2. The molecular weight excluding hydrogens is 396 g/mol. The van der Waals surface area contributed by atoms with Gasteiger partial charge in [0, 0.05) is 17.1 Å². The van der Waals surface area contributed by atoms with E-state index in [0.29, 0.717) is 22.6 Å². The zero-order valence-electron chi connectivity index (χ0n) is 17.2. The van der Waals surface area contributed by atoms with Crippen LogP contribution in [0.15, 0.2) is 54.6 Å². The molecule has 8 nitrogen and oxygen atoms in total. The van der Waals surface area contributed by atoms with Crippen molar-refractivity contribution in [1.29, 1.82) is 0 Å². The Morgan fingerprint density at radius 3 is 2.03 bits per heavy atom. The second-order valence-corrected chi connectivity index (χ2v) is 7.25. The van der Waals surface area contributed by atoms with E-state index in [4.69, 9.17) is 4.74 Å². The van der Waals surface area contributed by atoms with Gasteiger partial charge in [0.1, 0.15) is 11.8 Å². The summed E-state index contributed by atoms with van der Waals surface area (Å²) >= 11 is 0. The number of nitrogens with one attached hydrogen (secondary N) is 1. The summed E-state index contributed by atoms with van der Waals surface area (Å²) < 4.78 is 5.66. The maximum absolute atomic E-state index is 12.7. The molecule has 1 unspecified atom stereocenters. The smallest absolute Gasteiger partial charge is 0.322 e. The maximum atomic E-state index is 12.7. The number of aromatic nitrogens is 2. The zero-order chi connectivity index (χ0) is 22.1. The largest absolute Gasteiger partial charge is 0.424 e. The Balaban J connectivity index is 1.43. The minimum atomic E-state index is -0.966. The number of anilines is 1. The van der Waals surface area contributed by atoms with Gasteiger partial charge in [0.2, 0.25) is 5.91 Å². The number of hydrogen-bond acceptors (Lipinski definition) is 6. The molecule has 1 N–H and O–H groups in total. The number of benzene rings is 2. The lowest BCUT2D eigenvalue weighted by Gasteiger charge is -2.21. The second kappa shape index (κ2) is 7.98. The topological polar surface area (TPSA) is 101 Å². The number of nitrogens with zero attached hydrogens (tertiary/aromatic N) is 3. The minimum Gasteiger partial charge on any atom is -0.424 e. The summed E-state index contributed by atoms with van der Waals surface area (Å²) in [5.74, 6) is -0.905. The lowest BCUT2D eigenvalue weighted by Crippen LogP contribution is -2.45. The van der Waals surface area contributed by atoms with Gasteiger partial charge in [-0.2, -0.15) is 0 Å². The van der Waals surface area contributed by atoms with Gasteiger partial charge in [0.25, 0.3) is 11.8 Å². The fourth-order valence-electron chi connectivity index (χ4n) is 3.37. The van der Waals surface area contributed by atoms with E-state index in [1.54, 1.807) is 48.5 Å². The van der Waals surface area contributed by atoms with Crippen LogP contribution in [0.3, 0.4) is 0 Å². The molecule has 4 rings (SSSR count). The van der Waals surface area contributed by atoms with Crippen molar-refractivity contribution in [3.05, 3.63) is 77.1 Å². The molecule has 2 heterocycles.